The topological polar surface area (TPSA) is 95.1 Å². The molecule has 1 amide bonds. The molecule has 0 radical (unpaired) electrons. The lowest BCUT2D eigenvalue weighted by atomic mass is 9.95. The second kappa shape index (κ2) is 6.54. The highest BCUT2D eigenvalue weighted by Crippen LogP contribution is 2.38. The molecule has 2 rings (SSSR count). The van der Waals surface area contributed by atoms with Gasteiger partial charge in [-0.25, -0.2) is 4.98 Å². The van der Waals surface area contributed by atoms with Gasteiger partial charge in [0.2, 0.25) is 5.91 Å². The summed E-state index contributed by atoms with van der Waals surface area (Å²) in [6.07, 6.45) is 6.22. The van der Waals surface area contributed by atoms with Crippen LogP contribution in [-0.2, 0) is 16.0 Å². The third-order valence-corrected chi connectivity index (χ3v) is 4.14. The van der Waals surface area contributed by atoms with E-state index in [4.69, 9.17) is 0 Å². The number of nitrogens with zero attached hydrogens (tertiary/aromatic N) is 1. The first-order valence-corrected chi connectivity index (χ1v) is 7.09. The zero-order valence-corrected chi connectivity index (χ0v) is 11.6. The van der Waals surface area contributed by atoms with E-state index < -0.39 is 11.9 Å². The number of nitrogens with one attached hydrogen (secondary N) is 2. The van der Waals surface area contributed by atoms with Crippen molar-refractivity contribution in [2.45, 2.75) is 32.6 Å². The molecular weight excluding hydrogens is 258 g/mol. The van der Waals surface area contributed by atoms with Gasteiger partial charge in [0, 0.05) is 24.9 Å². The van der Waals surface area contributed by atoms with E-state index in [1.807, 2.05) is 6.92 Å². The summed E-state index contributed by atoms with van der Waals surface area (Å²) >= 11 is 0. The average molecular weight is 279 g/mol. The third kappa shape index (κ3) is 3.37. The number of imidazole rings is 1. The summed E-state index contributed by atoms with van der Waals surface area (Å²) in [6, 6.07) is 0. The molecule has 0 bridgehead atoms. The number of aliphatic carboxylic acids is 1. The summed E-state index contributed by atoms with van der Waals surface area (Å²) in [5.74, 6) is -1.56. The predicted molar refractivity (Wildman–Crippen MR) is 72.9 cm³/mol. The van der Waals surface area contributed by atoms with Crippen LogP contribution in [0.4, 0.5) is 0 Å². The summed E-state index contributed by atoms with van der Waals surface area (Å²) in [7, 11) is 0. The monoisotopic (exact) mass is 279 g/mol. The van der Waals surface area contributed by atoms with Gasteiger partial charge >= 0.3 is 5.97 Å². The number of H-pyrrole nitrogens is 1. The van der Waals surface area contributed by atoms with Gasteiger partial charge in [-0.3, -0.25) is 9.59 Å². The Labute approximate surface area is 118 Å². The maximum atomic E-state index is 12.1. The highest BCUT2D eigenvalue weighted by atomic mass is 16.4. The molecular formula is C14H21N3O3. The Morgan fingerprint density at radius 2 is 2.20 bits per heavy atom. The van der Waals surface area contributed by atoms with Crippen molar-refractivity contribution >= 4 is 11.9 Å². The van der Waals surface area contributed by atoms with Crippen LogP contribution in [0.5, 0.6) is 0 Å². The number of carbonyl (C=O) groups excluding carboxylic acids is 1. The summed E-state index contributed by atoms with van der Waals surface area (Å²) in [5.41, 5.74) is 0.956. The van der Waals surface area contributed by atoms with Crippen LogP contribution in [0, 0.1) is 17.8 Å². The molecule has 1 saturated carbocycles. The number of aromatic nitrogens is 2. The standard InChI is InChI=1S/C14H21N3O3/c1-2-9-5-11(12(6-9)14(19)20)13(18)16-4-3-10-7-15-8-17-10/h7-9,11-12H,2-6H2,1H3,(H,15,17)(H,16,18)(H,19,20). The highest BCUT2D eigenvalue weighted by molar-refractivity contribution is 5.85. The quantitative estimate of drug-likeness (QED) is 0.729. The Balaban J connectivity index is 1.85. The van der Waals surface area contributed by atoms with Crippen LogP contribution < -0.4 is 5.32 Å². The molecule has 1 aromatic heterocycles. The van der Waals surface area contributed by atoms with Crippen LogP contribution in [0.1, 0.15) is 31.9 Å². The zero-order chi connectivity index (χ0) is 14.5. The molecule has 0 aliphatic heterocycles. The first-order valence-electron chi connectivity index (χ1n) is 7.09. The normalized spacial score (nSPS) is 25.6. The van der Waals surface area contributed by atoms with E-state index in [0.717, 1.165) is 12.1 Å². The number of aromatic amines is 1. The SMILES string of the molecule is CCC1CC(C(=O)O)C(C(=O)NCCc2cnc[nH]2)C1. The van der Waals surface area contributed by atoms with Crippen molar-refractivity contribution in [3.05, 3.63) is 18.2 Å². The number of carboxylic acid groups (broad SMARTS) is 1. The number of amides is 1. The van der Waals surface area contributed by atoms with E-state index >= 15 is 0 Å². The van der Waals surface area contributed by atoms with E-state index in [0.29, 0.717) is 31.7 Å². The summed E-state index contributed by atoms with van der Waals surface area (Å²) in [5, 5.41) is 12.1. The van der Waals surface area contributed by atoms with Gasteiger partial charge in [0.05, 0.1) is 18.2 Å². The largest absolute Gasteiger partial charge is 0.481 e. The minimum atomic E-state index is -0.852. The van der Waals surface area contributed by atoms with Crippen LogP contribution in [-0.4, -0.2) is 33.5 Å². The average Bonchev–Trinajstić information content (AvgIpc) is 3.07. The molecule has 3 unspecified atom stereocenters. The Morgan fingerprint density at radius 3 is 2.80 bits per heavy atom. The molecule has 3 atom stereocenters. The Bertz CT molecular complexity index is 458. The first-order chi connectivity index (χ1) is 9.61. The van der Waals surface area contributed by atoms with Crippen molar-refractivity contribution in [3.63, 3.8) is 0 Å². The maximum Gasteiger partial charge on any atom is 0.307 e. The fourth-order valence-corrected chi connectivity index (χ4v) is 2.91. The molecule has 0 saturated heterocycles. The van der Waals surface area contributed by atoms with Crippen molar-refractivity contribution < 1.29 is 14.7 Å². The van der Waals surface area contributed by atoms with Crippen LogP contribution in [0.15, 0.2) is 12.5 Å². The molecule has 110 valence electrons. The van der Waals surface area contributed by atoms with Crippen LogP contribution >= 0.6 is 0 Å². The maximum absolute atomic E-state index is 12.1. The molecule has 1 aromatic rings. The number of hydrogen-bond donors (Lipinski definition) is 3. The van der Waals surface area contributed by atoms with Gasteiger partial charge < -0.3 is 15.4 Å². The summed E-state index contributed by atoms with van der Waals surface area (Å²) < 4.78 is 0. The molecule has 1 heterocycles. The molecule has 6 nitrogen and oxygen atoms in total. The Hall–Kier alpha value is -1.85. The fraction of sp³-hybridized carbons (Fsp3) is 0.643. The lowest BCUT2D eigenvalue weighted by molar-refractivity contribution is -0.146. The van der Waals surface area contributed by atoms with E-state index in [1.165, 1.54) is 0 Å². The van der Waals surface area contributed by atoms with Crippen molar-refractivity contribution in [1.82, 2.24) is 15.3 Å². The number of rotatable bonds is 6. The molecule has 0 aromatic carbocycles. The van der Waals surface area contributed by atoms with Gasteiger partial charge in [0.15, 0.2) is 0 Å². The summed E-state index contributed by atoms with van der Waals surface area (Å²) in [4.78, 5) is 30.3. The van der Waals surface area contributed by atoms with Crippen molar-refractivity contribution in [2.75, 3.05) is 6.54 Å². The third-order valence-electron chi connectivity index (χ3n) is 4.14. The Morgan fingerprint density at radius 1 is 1.45 bits per heavy atom. The first kappa shape index (κ1) is 14.6. The highest BCUT2D eigenvalue weighted by Gasteiger charge is 2.41. The lowest BCUT2D eigenvalue weighted by Gasteiger charge is -2.15. The molecule has 1 aliphatic carbocycles. The fourth-order valence-electron chi connectivity index (χ4n) is 2.91. The number of carboxylic acids is 1. The van der Waals surface area contributed by atoms with Gasteiger partial charge in [0.25, 0.3) is 0 Å². The number of carbonyl (C=O) groups is 2. The Kier molecular flexibility index (Phi) is 4.76. The van der Waals surface area contributed by atoms with Gasteiger partial charge in [-0.2, -0.15) is 0 Å². The van der Waals surface area contributed by atoms with E-state index in [9.17, 15) is 14.7 Å². The van der Waals surface area contributed by atoms with Crippen LogP contribution in [0.3, 0.4) is 0 Å². The zero-order valence-electron chi connectivity index (χ0n) is 11.6. The second-order valence-electron chi connectivity index (χ2n) is 5.41. The molecule has 1 aliphatic rings. The van der Waals surface area contributed by atoms with E-state index in [1.54, 1.807) is 12.5 Å². The minimum Gasteiger partial charge on any atom is -0.481 e. The summed E-state index contributed by atoms with van der Waals surface area (Å²) in [6.45, 7) is 2.54. The van der Waals surface area contributed by atoms with Gasteiger partial charge in [-0.15, -0.1) is 0 Å². The van der Waals surface area contributed by atoms with E-state index in [-0.39, 0.29) is 11.8 Å². The van der Waals surface area contributed by atoms with Crippen LogP contribution in [0.25, 0.3) is 0 Å². The molecule has 0 spiro atoms. The van der Waals surface area contributed by atoms with Gasteiger partial charge in [-0.1, -0.05) is 13.3 Å². The van der Waals surface area contributed by atoms with Crippen LogP contribution in [0.2, 0.25) is 0 Å². The molecule has 20 heavy (non-hydrogen) atoms. The molecule has 6 heteroatoms. The lowest BCUT2D eigenvalue weighted by Crippen LogP contribution is -2.36. The second-order valence-corrected chi connectivity index (χ2v) is 5.41. The number of hydrogen-bond acceptors (Lipinski definition) is 3. The predicted octanol–water partition coefficient (Wildman–Crippen LogP) is 1.21. The van der Waals surface area contributed by atoms with E-state index in [2.05, 4.69) is 15.3 Å². The van der Waals surface area contributed by atoms with Crippen molar-refractivity contribution in [2.24, 2.45) is 17.8 Å². The van der Waals surface area contributed by atoms with Crippen molar-refractivity contribution in [3.8, 4) is 0 Å². The van der Waals surface area contributed by atoms with Crippen molar-refractivity contribution in [1.29, 1.82) is 0 Å². The van der Waals surface area contributed by atoms with Gasteiger partial charge in [-0.05, 0) is 18.8 Å². The molecule has 1 fully saturated rings. The van der Waals surface area contributed by atoms with Gasteiger partial charge in [0.1, 0.15) is 0 Å². The smallest absolute Gasteiger partial charge is 0.307 e. The molecule has 3 N–H and O–H groups in total. The minimum absolute atomic E-state index is 0.132.